The monoisotopic (exact) mass is 544 g/mol. The number of carbonyl (C=O) groups is 4. The van der Waals surface area contributed by atoms with Crippen molar-refractivity contribution in [2.75, 3.05) is 52.4 Å². The second-order valence-electron chi connectivity index (χ2n) is 9.93. The maximum Gasteiger partial charge on any atom is 0.416 e. The van der Waals surface area contributed by atoms with E-state index >= 15 is 0 Å². The number of nitrogens with one attached hydrogen (secondary N) is 1. The molecular weight excluding hydrogens is 513 g/mol. The van der Waals surface area contributed by atoms with E-state index in [1.165, 1.54) is 6.07 Å². The maximum absolute atomic E-state index is 12.9. The summed E-state index contributed by atoms with van der Waals surface area (Å²) in [6.07, 6.45) is -3.61. The molecule has 4 rings (SSSR count). The van der Waals surface area contributed by atoms with Gasteiger partial charge in [-0.1, -0.05) is 24.3 Å². The van der Waals surface area contributed by atoms with Crippen molar-refractivity contribution in [3.05, 3.63) is 71.3 Å². The van der Waals surface area contributed by atoms with Crippen LogP contribution >= 0.6 is 0 Å². The molecule has 2 aliphatic heterocycles. The maximum atomic E-state index is 12.9. The summed E-state index contributed by atoms with van der Waals surface area (Å²) in [4.78, 5) is 55.6. The second-order valence-corrected chi connectivity index (χ2v) is 9.93. The fourth-order valence-electron chi connectivity index (χ4n) is 4.95. The normalized spacial score (nSPS) is 18.2. The summed E-state index contributed by atoms with van der Waals surface area (Å²) in [6, 6.07) is 13.1. The fourth-order valence-corrected chi connectivity index (χ4v) is 4.95. The number of carbonyl (C=O) groups excluding carboxylic acids is 4. The molecule has 0 radical (unpaired) electrons. The minimum atomic E-state index is -4.56. The number of piperazine rings is 1. The summed E-state index contributed by atoms with van der Waals surface area (Å²) in [7, 11) is 0. The predicted molar refractivity (Wildman–Crippen MR) is 137 cm³/mol. The van der Waals surface area contributed by atoms with E-state index in [9.17, 15) is 32.3 Å². The molecule has 8 nitrogen and oxygen atoms in total. The molecule has 208 valence electrons. The molecule has 39 heavy (non-hydrogen) atoms. The number of Topliss-reactive ketones (excluding diaryl/α,β-unsaturated/α-hetero) is 1. The van der Waals surface area contributed by atoms with Crippen LogP contribution in [0.3, 0.4) is 0 Å². The van der Waals surface area contributed by atoms with E-state index in [2.05, 4.69) is 5.32 Å². The zero-order valence-corrected chi connectivity index (χ0v) is 21.5. The smallest absolute Gasteiger partial charge is 0.345 e. The van der Waals surface area contributed by atoms with Gasteiger partial charge in [0, 0.05) is 50.3 Å². The topological polar surface area (TPSA) is 90.0 Å². The van der Waals surface area contributed by atoms with E-state index in [4.69, 9.17) is 0 Å². The summed E-state index contributed by atoms with van der Waals surface area (Å²) >= 11 is 0. The summed E-state index contributed by atoms with van der Waals surface area (Å²) in [5, 5.41) is 2.40. The minimum Gasteiger partial charge on any atom is -0.345 e. The molecule has 0 aromatic heterocycles. The summed E-state index contributed by atoms with van der Waals surface area (Å²) in [5.41, 5.74) is -0.455. The molecule has 2 aromatic carbocycles. The van der Waals surface area contributed by atoms with E-state index in [-0.39, 0.29) is 48.6 Å². The minimum absolute atomic E-state index is 0.0119. The number of alkyl halides is 3. The van der Waals surface area contributed by atoms with Gasteiger partial charge in [-0.05, 0) is 49.2 Å². The number of likely N-dealkylation sites (tertiary alicyclic amines) is 1. The van der Waals surface area contributed by atoms with Gasteiger partial charge in [0.05, 0.1) is 18.7 Å². The number of benzene rings is 2. The molecule has 1 atom stereocenters. The van der Waals surface area contributed by atoms with Gasteiger partial charge in [0.25, 0.3) is 11.8 Å². The molecule has 2 fully saturated rings. The fraction of sp³-hybridized carbons (Fsp3) is 0.429. The van der Waals surface area contributed by atoms with Crippen LogP contribution < -0.4 is 5.32 Å². The lowest BCUT2D eigenvalue weighted by molar-refractivity contribution is -0.137. The zero-order valence-electron chi connectivity index (χ0n) is 21.5. The van der Waals surface area contributed by atoms with E-state index in [1.807, 2.05) is 23.1 Å². The molecule has 0 aliphatic carbocycles. The van der Waals surface area contributed by atoms with Crippen molar-refractivity contribution in [1.29, 1.82) is 0 Å². The molecule has 2 aliphatic rings. The Kier molecular flexibility index (Phi) is 9.01. The van der Waals surface area contributed by atoms with E-state index < -0.39 is 17.6 Å². The Morgan fingerprint density at radius 2 is 1.51 bits per heavy atom. The van der Waals surface area contributed by atoms with Crippen LogP contribution in [0.2, 0.25) is 0 Å². The van der Waals surface area contributed by atoms with Crippen LogP contribution in [0.4, 0.5) is 13.2 Å². The van der Waals surface area contributed by atoms with Crippen molar-refractivity contribution in [2.45, 2.75) is 19.0 Å². The van der Waals surface area contributed by atoms with Crippen molar-refractivity contribution < 1.29 is 32.3 Å². The summed E-state index contributed by atoms with van der Waals surface area (Å²) < 4.78 is 38.6. The zero-order chi connectivity index (χ0) is 28.0. The van der Waals surface area contributed by atoms with Crippen molar-refractivity contribution in [1.82, 2.24) is 20.0 Å². The summed E-state index contributed by atoms with van der Waals surface area (Å²) in [6.45, 7) is 3.11. The van der Waals surface area contributed by atoms with Crippen LogP contribution in [0.15, 0.2) is 54.6 Å². The standard InChI is InChI=1S/C28H31F3N4O4/c29-28(30,31)23-8-4-7-22(16-23)26(38)32-17-24(36)15-20-9-10-33(18-20)19-25(37)34-11-13-35(14-12-34)27(39)21-5-2-1-3-6-21/h1-8,16,20H,9-15,17-19H2,(H,32,38). The molecular formula is C28H31F3N4O4. The molecule has 2 saturated heterocycles. The largest absolute Gasteiger partial charge is 0.416 e. The number of nitrogens with zero attached hydrogens (tertiary/aromatic N) is 3. The van der Waals surface area contributed by atoms with Gasteiger partial charge in [0.1, 0.15) is 0 Å². The number of ketones is 1. The molecule has 1 N–H and O–H groups in total. The highest BCUT2D eigenvalue weighted by atomic mass is 19.4. The number of hydrogen-bond acceptors (Lipinski definition) is 5. The van der Waals surface area contributed by atoms with E-state index in [0.29, 0.717) is 44.8 Å². The Balaban J connectivity index is 1.16. The van der Waals surface area contributed by atoms with Crippen molar-refractivity contribution >= 4 is 23.5 Å². The van der Waals surface area contributed by atoms with Crippen LogP contribution in [0, 0.1) is 5.92 Å². The lowest BCUT2D eigenvalue weighted by atomic mass is 10.0. The van der Waals surface area contributed by atoms with E-state index in [1.54, 1.807) is 21.9 Å². The Morgan fingerprint density at radius 1 is 0.846 bits per heavy atom. The van der Waals surface area contributed by atoms with Crippen molar-refractivity contribution in [3.8, 4) is 0 Å². The van der Waals surface area contributed by atoms with Crippen LogP contribution in [0.5, 0.6) is 0 Å². The first-order valence-corrected chi connectivity index (χ1v) is 12.9. The highest BCUT2D eigenvalue weighted by Crippen LogP contribution is 2.29. The third-order valence-corrected chi connectivity index (χ3v) is 7.08. The van der Waals surface area contributed by atoms with Gasteiger partial charge in [0.15, 0.2) is 5.78 Å². The van der Waals surface area contributed by atoms with Gasteiger partial charge >= 0.3 is 6.18 Å². The third kappa shape index (κ3) is 7.66. The molecule has 0 bridgehead atoms. The number of amides is 3. The van der Waals surface area contributed by atoms with Crippen molar-refractivity contribution in [3.63, 3.8) is 0 Å². The third-order valence-electron chi connectivity index (χ3n) is 7.08. The molecule has 1 unspecified atom stereocenters. The highest BCUT2D eigenvalue weighted by Gasteiger charge is 2.32. The SMILES string of the molecule is O=C(CNC(=O)c1cccc(C(F)(F)F)c1)CC1CCN(CC(=O)N2CCN(C(=O)c3ccccc3)CC2)C1. The Labute approximate surface area is 224 Å². The van der Waals surface area contributed by atoms with Crippen LogP contribution in [-0.4, -0.2) is 90.6 Å². The Bertz CT molecular complexity index is 1200. The number of rotatable bonds is 8. The Hall–Kier alpha value is -3.73. The molecule has 0 spiro atoms. The van der Waals surface area contributed by atoms with Crippen LogP contribution in [-0.2, 0) is 15.8 Å². The summed E-state index contributed by atoms with van der Waals surface area (Å²) in [5.74, 6) is -0.967. The first-order chi connectivity index (χ1) is 18.6. The lowest BCUT2D eigenvalue weighted by Crippen LogP contribution is -2.52. The van der Waals surface area contributed by atoms with Crippen LogP contribution in [0.25, 0.3) is 0 Å². The first-order valence-electron chi connectivity index (χ1n) is 12.9. The average Bonchev–Trinajstić information content (AvgIpc) is 3.37. The molecule has 2 heterocycles. The molecule has 11 heteroatoms. The van der Waals surface area contributed by atoms with E-state index in [0.717, 1.165) is 24.6 Å². The van der Waals surface area contributed by atoms with Gasteiger partial charge < -0.3 is 15.1 Å². The number of hydrogen-bond donors (Lipinski definition) is 1. The van der Waals surface area contributed by atoms with Gasteiger partial charge in [-0.2, -0.15) is 13.2 Å². The predicted octanol–water partition coefficient (Wildman–Crippen LogP) is 2.70. The highest BCUT2D eigenvalue weighted by molar-refractivity contribution is 5.97. The van der Waals surface area contributed by atoms with Gasteiger partial charge in [-0.15, -0.1) is 0 Å². The molecule has 3 amide bonds. The van der Waals surface area contributed by atoms with Gasteiger partial charge in [-0.3, -0.25) is 24.1 Å². The van der Waals surface area contributed by atoms with Crippen molar-refractivity contribution in [2.24, 2.45) is 5.92 Å². The quantitative estimate of drug-likeness (QED) is 0.552. The lowest BCUT2D eigenvalue weighted by Gasteiger charge is -2.35. The number of halogens is 3. The van der Waals surface area contributed by atoms with Crippen LogP contribution in [0.1, 0.15) is 39.1 Å². The van der Waals surface area contributed by atoms with Gasteiger partial charge in [0.2, 0.25) is 5.91 Å². The Morgan fingerprint density at radius 3 is 2.21 bits per heavy atom. The molecule has 0 saturated carbocycles. The van der Waals surface area contributed by atoms with Gasteiger partial charge in [-0.25, -0.2) is 0 Å². The average molecular weight is 545 g/mol. The first kappa shape index (κ1) is 28.3. The molecule has 2 aromatic rings. The second kappa shape index (κ2) is 12.4.